The molecule has 0 spiro atoms. The van der Waals surface area contributed by atoms with Crippen molar-refractivity contribution in [3.63, 3.8) is 0 Å². The van der Waals surface area contributed by atoms with Crippen LogP contribution in [-0.4, -0.2) is 36.9 Å². The zero-order valence-electron chi connectivity index (χ0n) is 9.26. The number of nitrogens with zero attached hydrogens (tertiary/aromatic N) is 1. The lowest BCUT2D eigenvalue weighted by atomic mass is 10.1. The van der Waals surface area contributed by atoms with Crippen LogP contribution in [0.1, 0.15) is 10.8 Å². The molecule has 0 aliphatic carbocycles. The van der Waals surface area contributed by atoms with E-state index >= 15 is 0 Å². The Hall–Kier alpha value is -1.16. The topological polar surface area (TPSA) is 29.5 Å². The fourth-order valence-electron chi connectivity index (χ4n) is 1.81. The predicted octanol–water partition coefficient (Wildman–Crippen LogP) is 2.54. The Morgan fingerprint density at radius 2 is 2.19 bits per heavy atom. The normalized spacial score (nSPS) is 20.6. The molecule has 0 saturated carbocycles. The SMILES string of the molecule is COC(=O)N1CCSC(c2ccccc2)C1. The van der Waals surface area contributed by atoms with E-state index in [1.165, 1.54) is 12.7 Å². The number of benzene rings is 1. The van der Waals surface area contributed by atoms with Crippen molar-refractivity contribution in [2.75, 3.05) is 26.0 Å². The molecule has 3 nitrogen and oxygen atoms in total. The van der Waals surface area contributed by atoms with Crippen LogP contribution in [0.15, 0.2) is 30.3 Å². The van der Waals surface area contributed by atoms with E-state index in [0.717, 1.165) is 18.8 Å². The first-order valence-corrected chi connectivity index (χ1v) is 6.35. The molecule has 1 unspecified atom stereocenters. The molecular formula is C12H15NO2S. The van der Waals surface area contributed by atoms with Crippen LogP contribution in [0.3, 0.4) is 0 Å². The second-order valence-corrected chi connectivity index (χ2v) is 5.00. The summed E-state index contributed by atoms with van der Waals surface area (Å²) >= 11 is 1.90. The Morgan fingerprint density at radius 1 is 1.44 bits per heavy atom. The van der Waals surface area contributed by atoms with Gasteiger partial charge in [0, 0.05) is 24.1 Å². The van der Waals surface area contributed by atoms with E-state index in [1.54, 1.807) is 4.90 Å². The van der Waals surface area contributed by atoms with Crippen molar-refractivity contribution in [1.29, 1.82) is 0 Å². The fourth-order valence-corrected chi connectivity index (χ4v) is 3.06. The number of methoxy groups -OCH3 is 1. The number of carbonyl (C=O) groups is 1. The molecule has 86 valence electrons. The van der Waals surface area contributed by atoms with Crippen molar-refractivity contribution in [2.45, 2.75) is 5.25 Å². The van der Waals surface area contributed by atoms with Gasteiger partial charge in [-0.3, -0.25) is 0 Å². The highest BCUT2D eigenvalue weighted by molar-refractivity contribution is 7.99. The van der Waals surface area contributed by atoms with Crippen LogP contribution < -0.4 is 0 Å². The van der Waals surface area contributed by atoms with Gasteiger partial charge in [0.25, 0.3) is 0 Å². The first-order chi connectivity index (χ1) is 7.81. The summed E-state index contributed by atoms with van der Waals surface area (Å²) in [6, 6.07) is 10.3. The maximum atomic E-state index is 11.4. The minimum atomic E-state index is -0.221. The largest absolute Gasteiger partial charge is 0.453 e. The minimum Gasteiger partial charge on any atom is -0.453 e. The number of ether oxygens (including phenoxy) is 1. The van der Waals surface area contributed by atoms with Crippen LogP contribution in [-0.2, 0) is 4.74 Å². The number of rotatable bonds is 1. The lowest BCUT2D eigenvalue weighted by molar-refractivity contribution is 0.125. The maximum Gasteiger partial charge on any atom is 0.409 e. The van der Waals surface area contributed by atoms with Crippen molar-refractivity contribution in [2.24, 2.45) is 0 Å². The molecule has 0 aromatic heterocycles. The highest BCUT2D eigenvalue weighted by Crippen LogP contribution is 2.32. The van der Waals surface area contributed by atoms with E-state index in [1.807, 2.05) is 30.0 Å². The zero-order valence-corrected chi connectivity index (χ0v) is 10.1. The zero-order chi connectivity index (χ0) is 11.4. The van der Waals surface area contributed by atoms with Crippen LogP contribution in [0.25, 0.3) is 0 Å². The van der Waals surface area contributed by atoms with Gasteiger partial charge in [-0.2, -0.15) is 11.8 Å². The Morgan fingerprint density at radius 3 is 2.88 bits per heavy atom. The number of hydrogen-bond acceptors (Lipinski definition) is 3. The van der Waals surface area contributed by atoms with Crippen LogP contribution in [0.2, 0.25) is 0 Å². The first-order valence-electron chi connectivity index (χ1n) is 5.30. The van der Waals surface area contributed by atoms with E-state index in [4.69, 9.17) is 4.74 Å². The third-order valence-electron chi connectivity index (χ3n) is 2.67. The summed E-state index contributed by atoms with van der Waals surface area (Å²) < 4.78 is 4.75. The van der Waals surface area contributed by atoms with Crippen LogP contribution in [0.4, 0.5) is 4.79 Å². The monoisotopic (exact) mass is 237 g/mol. The molecule has 4 heteroatoms. The van der Waals surface area contributed by atoms with Gasteiger partial charge in [-0.15, -0.1) is 0 Å². The third kappa shape index (κ3) is 2.50. The number of thioether (sulfide) groups is 1. The van der Waals surface area contributed by atoms with Crippen LogP contribution in [0, 0.1) is 0 Å². The summed E-state index contributed by atoms with van der Waals surface area (Å²) in [4.78, 5) is 13.2. The van der Waals surface area contributed by atoms with Gasteiger partial charge in [0.15, 0.2) is 0 Å². The van der Waals surface area contributed by atoms with Crippen LogP contribution >= 0.6 is 11.8 Å². The molecule has 1 heterocycles. The molecule has 0 bridgehead atoms. The third-order valence-corrected chi connectivity index (χ3v) is 3.91. The molecule has 1 amide bonds. The predicted molar refractivity (Wildman–Crippen MR) is 65.6 cm³/mol. The Balaban J connectivity index is 2.05. The summed E-state index contributed by atoms with van der Waals surface area (Å²) in [6.45, 7) is 1.52. The van der Waals surface area contributed by atoms with Gasteiger partial charge in [-0.05, 0) is 5.56 Å². The standard InChI is InChI=1S/C12H15NO2S/c1-15-12(14)13-7-8-16-11(9-13)10-5-3-2-4-6-10/h2-6,11H,7-9H2,1H3. The van der Waals surface area contributed by atoms with Gasteiger partial charge in [-0.1, -0.05) is 30.3 Å². The first kappa shape index (κ1) is 11.3. The average molecular weight is 237 g/mol. The van der Waals surface area contributed by atoms with E-state index < -0.39 is 0 Å². The quantitative estimate of drug-likeness (QED) is 0.751. The van der Waals surface area contributed by atoms with Crippen molar-refractivity contribution in [1.82, 2.24) is 4.90 Å². The number of amides is 1. The molecule has 1 aliphatic rings. The average Bonchev–Trinajstić information content (AvgIpc) is 2.39. The fraction of sp³-hybridized carbons (Fsp3) is 0.417. The molecule has 1 saturated heterocycles. The van der Waals surface area contributed by atoms with E-state index in [-0.39, 0.29) is 6.09 Å². The summed E-state index contributed by atoms with van der Waals surface area (Å²) in [6.07, 6.45) is -0.221. The summed E-state index contributed by atoms with van der Waals surface area (Å²) in [7, 11) is 1.43. The van der Waals surface area contributed by atoms with Gasteiger partial charge in [0.05, 0.1) is 7.11 Å². The van der Waals surface area contributed by atoms with Gasteiger partial charge in [-0.25, -0.2) is 4.79 Å². The van der Waals surface area contributed by atoms with Crippen molar-refractivity contribution in [3.8, 4) is 0 Å². The number of carbonyl (C=O) groups excluding carboxylic acids is 1. The van der Waals surface area contributed by atoms with E-state index in [0.29, 0.717) is 5.25 Å². The lowest BCUT2D eigenvalue weighted by Crippen LogP contribution is -2.39. The molecular weight excluding hydrogens is 222 g/mol. The summed E-state index contributed by atoms with van der Waals surface area (Å²) in [5.41, 5.74) is 1.28. The van der Waals surface area contributed by atoms with Crippen LogP contribution in [0.5, 0.6) is 0 Å². The summed E-state index contributed by atoms with van der Waals surface area (Å²) in [5, 5.41) is 0.369. The van der Waals surface area contributed by atoms with E-state index in [9.17, 15) is 4.79 Å². The van der Waals surface area contributed by atoms with Gasteiger partial charge in [0.1, 0.15) is 0 Å². The molecule has 1 fully saturated rings. The second kappa shape index (κ2) is 5.25. The Labute approximate surface area is 99.8 Å². The lowest BCUT2D eigenvalue weighted by Gasteiger charge is -2.31. The smallest absolute Gasteiger partial charge is 0.409 e. The number of hydrogen-bond donors (Lipinski definition) is 0. The molecule has 16 heavy (non-hydrogen) atoms. The highest BCUT2D eigenvalue weighted by atomic mass is 32.2. The van der Waals surface area contributed by atoms with E-state index in [2.05, 4.69) is 12.1 Å². The Bertz CT molecular complexity index is 355. The van der Waals surface area contributed by atoms with Gasteiger partial charge >= 0.3 is 6.09 Å². The molecule has 2 rings (SSSR count). The van der Waals surface area contributed by atoms with Crippen molar-refractivity contribution >= 4 is 17.9 Å². The van der Waals surface area contributed by atoms with Crippen molar-refractivity contribution in [3.05, 3.63) is 35.9 Å². The molecule has 1 atom stereocenters. The maximum absolute atomic E-state index is 11.4. The van der Waals surface area contributed by atoms with Gasteiger partial charge < -0.3 is 9.64 Å². The molecule has 0 radical (unpaired) electrons. The summed E-state index contributed by atoms with van der Waals surface area (Å²) in [5.74, 6) is 0.967. The Kier molecular flexibility index (Phi) is 3.72. The minimum absolute atomic E-state index is 0.221. The molecule has 1 aliphatic heterocycles. The molecule has 0 N–H and O–H groups in total. The second-order valence-electron chi connectivity index (χ2n) is 3.69. The molecule has 1 aromatic carbocycles. The molecule has 1 aromatic rings. The van der Waals surface area contributed by atoms with Crippen molar-refractivity contribution < 1.29 is 9.53 Å². The van der Waals surface area contributed by atoms with Gasteiger partial charge in [0.2, 0.25) is 0 Å². The highest BCUT2D eigenvalue weighted by Gasteiger charge is 2.25.